The van der Waals surface area contributed by atoms with Gasteiger partial charge in [-0.15, -0.1) is 6.42 Å². The van der Waals surface area contributed by atoms with Gasteiger partial charge in [0.2, 0.25) is 11.5 Å². The minimum atomic E-state index is -0.233. The van der Waals surface area contributed by atoms with Gasteiger partial charge in [-0.2, -0.15) is 0 Å². The largest absolute Gasteiger partial charge is 0.493 e. The normalized spacial score (nSPS) is 10.7. The van der Waals surface area contributed by atoms with Crippen LogP contribution in [0.3, 0.4) is 0 Å². The summed E-state index contributed by atoms with van der Waals surface area (Å²) in [6.45, 7) is 0.109. The lowest BCUT2D eigenvalue weighted by Gasteiger charge is -2.14. The molecule has 0 aliphatic heterocycles. The van der Waals surface area contributed by atoms with Crippen LogP contribution >= 0.6 is 0 Å². The maximum atomic E-state index is 12.4. The number of carbonyl (C=O) groups excluding carboxylic acids is 1. The number of benzene rings is 2. The van der Waals surface area contributed by atoms with Crippen molar-refractivity contribution in [2.24, 2.45) is 0 Å². The third-order valence-electron chi connectivity index (χ3n) is 4.47. The van der Waals surface area contributed by atoms with E-state index >= 15 is 0 Å². The van der Waals surface area contributed by atoms with Crippen LogP contribution in [0.2, 0.25) is 0 Å². The van der Waals surface area contributed by atoms with E-state index in [0.29, 0.717) is 45.6 Å². The monoisotopic (exact) mass is 468 g/mol. The van der Waals surface area contributed by atoms with E-state index in [1.165, 1.54) is 47.7 Å². The van der Waals surface area contributed by atoms with Crippen LogP contribution in [0.25, 0.3) is 12.2 Å². The molecule has 0 fully saturated rings. The molecule has 0 unspecified atom stereocenters. The smallest absolute Gasteiger partial charge is 0.206 e. The first-order valence-corrected chi connectivity index (χ1v) is 10.1. The number of hydrogen-bond acceptors (Lipinski definition) is 8. The Hall–Kier alpha value is -4.09. The summed E-state index contributed by atoms with van der Waals surface area (Å²) in [6, 6.07) is 6.89. The Kier molecular flexibility index (Phi) is 10.4. The van der Waals surface area contributed by atoms with Crippen LogP contribution in [-0.2, 0) is 9.53 Å². The van der Waals surface area contributed by atoms with Gasteiger partial charge in [0.15, 0.2) is 35.6 Å². The number of rotatable bonds is 13. The predicted octanol–water partition coefficient (Wildman–Crippen LogP) is 4.01. The van der Waals surface area contributed by atoms with Gasteiger partial charge >= 0.3 is 0 Å². The number of methoxy groups -OCH3 is 5. The summed E-state index contributed by atoms with van der Waals surface area (Å²) in [5.74, 6) is 4.75. The number of ketones is 1. The number of allylic oxidation sites excluding steroid dienone is 2. The second kappa shape index (κ2) is 13.5. The molecule has 2 aromatic carbocycles. The van der Waals surface area contributed by atoms with Crippen LogP contribution in [-0.4, -0.2) is 54.7 Å². The van der Waals surface area contributed by atoms with Crippen LogP contribution < -0.4 is 28.4 Å². The molecule has 0 N–H and O–H groups in total. The molecule has 2 aromatic rings. The van der Waals surface area contributed by atoms with Crippen molar-refractivity contribution in [1.82, 2.24) is 0 Å². The number of ether oxygens (including phenoxy) is 7. The molecule has 0 saturated carbocycles. The SMILES string of the molecule is C#CCOc1c(OC)cc(C=CC(=O)C=Cc2cc(OC)c(OCOC)c(OC)c2)cc1OC. The van der Waals surface area contributed by atoms with Crippen molar-refractivity contribution in [2.45, 2.75) is 0 Å². The van der Waals surface area contributed by atoms with E-state index in [1.807, 2.05) is 0 Å². The van der Waals surface area contributed by atoms with Gasteiger partial charge in [-0.1, -0.05) is 18.1 Å². The van der Waals surface area contributed by atoms with Crippen molar-refractivity contribution in [1.29, 1.82) is 0 Å². The standard InChI is InChI=1S/C26H28O8/c1-7-12-33-25-21(29-3)13-18(14-22(25)30-4)8-10-20(27)11-9-19-15-23(31-5)26(34-17-28-2)24(16-19)32-6/h1,8-11,13-16H,12,17H2,2-6H3. The Morgan fingerprint density at radius 1 is 0.765 bits per heavy atom. The predicted molar refractivity (Wildman–Crippen MR) is 129 cm³/mol. The molecule has 0 bridgehead atoms. The van der Waals surface area contributed by atoms with Crippen LogP contribution in [0.4, 0.5) is 0 Å². The van der Waals surface area contributed by atoms with E-state index in [-0.39, 0.29) is 19.2 Å². The zero-order valence-electron chi connectivity index (χ0n) is 19.9. The van der Waals surface area contributed by atoms with Gasteiger partial charge in [-0.3, -0.25) is 4.79 Å². The fourth-order valence-electron chi connectivity index (χ4n) is 2.92. The van der Waals surface area contributed by atoms with E-state index in [0.717, 1.165) is 0 Å². The molecule has 0 amide bonds. The Morgan fingerprint density at radius 3 is 1.53 bits per heavy atom. The third kappa shape index (κ3) is 6.95. The van der Waals surface area contributed by atoms with Crippen LogP contribution in [0.5, 0.6) is 34.5 Å². The first-order valence-electron chi connectivity index (χ1n) is 10.1. The fraction of sp³-hybridized carbons (Fsp3) is 0.269. The average molecular weight is 469 g/mol. The number of terminal acetylenes is 1. The fourth-order valence-corrected chi connectivity index (χ4v) is 2.92. The topological polar surface area (TPSA) is 81.7 Å². The Labute approximate surface area is 199 Å². The maximum Gasteiger partial charge on any atom is 0.206 e. The highest BCUT2D eigenvalue weighted by atomic mass is 16.7. The Bertz CT molecular complexity index is 1030. The molecule has 0 atom stereocenters. The van der Waals surface area contributed by atoms with Crippen molar-refractivity contribution in [3.63, 3.8) is 0 Å². The van der Waals surface area contributed by atoms with E-state index in [2.05, 4.69) is 5.92 Å². The van der Waals surface area contributed by atoms with Gasteiger partial charge in [0.1, 0.15) is 6.61 Å². The average Bonchev–Trinajstić information content (AvgIpc) is 2.87. The van der Waals surface area contributed by atoms with Crippen LogP contribution in [0.15, 0.2) is 36.4 Å². The minimum absolute atomic E-state index is 0.0395. The van der Waals surface area contributed by atoms with Gasteiger partial charge in [0, 0.05) is 7.11 Å². The van der Waals surface area contributed by atoms with Crippen LogP contribution in [0.1, 0.15) is 11.1 Å². The highest BCUT2D eigenvalue weighted by molar-refractivity contribution is 6.04. The summed E-state index contributed by atoms with van der Waals surface area (Å²) < 4.78 is 37.5. The first kappa shape index (κ1) is 26.2. The molecule has 2 rings (SSSR count). The highest BCUT2D eigenvalue weighted by Crippen LogP contribution is 2.40. The lowest BCUT2D eigenvalue weighted by Crippen LogP contribution is -2.03. The van der Waals surface area contributed by atoms with Gasteiger partial charge in [-0.25, -0.2) is 0 Å². The molecule has 0 heterocycles. The van der Waals surface area contributed by atoms with Gasteiger partial charge in [0.25, 0.3) is 0 Å². The molecule has 0 aromatic heterocycles. The molecule has 0 aliphatic carbocycles. The van der Waals surface area contributed by atoms with E-state index in [4.69, 9.17) is 39.6 Å². The molecule has 34 heavy (non-hydrogen) atoms. The van der Waals surface area contributed by atoms with Gasteiger partial charge in [0.05, 0.1) is 28.4 Å². The molecule has 8 heteroatoms. The van der Waals surface area contributed by atoms with Crippen molar-refractivity contribution in [3.8, 4) is 46.8 Å². The third-order valence-corrected chi connectivity index (χ3v) is 4.47. The van der Waals surface area contributed by atoms with E-state index in [1.54, 1.807) is 36.4 Å². The van der Waals surface area contributed by atoms with Crippen LogP contribution in [0, 0.1) is 12.3 Å². The van der Waals surface area contributed by atoms with Crippen molar-refractivity contribution < 1.29 is 38.0 Å². The lowest BCUT2D eigenvalue weighted by atomic mass is 10.1. The summed E-state index contributed by atoms with van der Waals surface area (Å²) in [7, 11) is 7.56. The van der Waals surface area contributed by atoms with Gasteiger partial charge in [-0.05, 0) is 47.5 Å². The zero-order chi connectivity index (χ0) is 24.9. The number of carbonyl (C=O) groups is 1. The number of hydrogen-bond donors (Lipinski definition) is 0. The maximum absolute atomic E-state index is 12.4. The highest BCUT2D eigenvalue weighted by Gasteiger charge is 2.14. The summed E-state index contributed by atoms with van der Waals surface area (Å²) in [6.07, 6.45) is 11.4. The molecule has 8 nitrogen and oxygen atoms in total. The Balaban J connectivity index is 2.23. The van der Waals surface area contributed by atoms with Crippen molar-refractivity contribution in [2.75, 3.05) is 48.9 Å². The van der Waals surface area contributed by atoms with E-state index in [9.17, 15) is 4.79 Å². The second-order valence-corrected chi connectivity index (χ2v) is 6.62. The second-order valence-electron chi connectivity index (χ2n) is 6.62. The molecule has 0 spiro atoms. The Morgan fingerprint density at radius 2 is 1.18 bits per heavy atom. The minimum Gasteiger partial charge on any atom is -0.493 e. The van der Waals surface area contributed by atoms with Gasteiger partial charge < -0.3 is 33.2 Å². The quantitative estimate of drug-likeness (QED) is 0.248. The van der Waals surface area contributed by atoms with Crippen molar-refractivity contribution in [3.05, 3.63) is 47.5 Å². The molecule has 180 valence electrons. The summed E-state index contributed by atoms with van der Waals surface area (Å²) in [4.78, 5) is 12.4. The summed E-state index contributed by atoms with van der Waals surface area (Å²) >= 11 is 0. The molecule has 0 saturated heterocycles. The molecular weight excluding hydrogens is 440 g/mol. The lowest BCUT2D eigenvalue weighted by molar-refractivity contribution is -0.110. The summed E-state index contributed by atoms with van der Waals surface area (Å²) in [5, 5.41) is 0. The molecule has 0 radical (unpaired) electrons. The first-order chi connectivity index (χ1) is 16.5. The van der Waals surface area contributed by atoms with Crippen molar-refractivity contribution >= 4 is 17.9 Å². The van der Waals surface area contributed by atoms with E-state index < -0.39 is 0 Å². The molecule has 0 aliphatic rings. The summed E-state index contributed by atoms with van der Waals surface area (Å²) in [5.41, 5.74) is 1.38. The molecular formula is C26H28O8. The zero-order valence-corrected chi connectivity index (χ0v) is 19.9.